The van der Waals surface area contributed by atoms with E-state index in [0.29, 0.717) is 26.2 Å². The predicted octanol–water partition coefficient (Wildman–Crippen LogP) is 4.06. The number of rotatable bonds is 8. The summed E-state index contributed by atoms with van der Waals surface area (Å²) < 4.78 is 0. The molecule has 37 heavy (non-hydrogen) atoms. The van der Waals surface area contributed by atoms with Gasteiger partial charge in [-0.3, -0.25) is 0 Å². The largest absolute Gasteiger partial charge is 2.00 e. The standard InChI is InChI=1S/2C15H15NO2.Cr/c2*17-15(18)16(11-13-7-3-1-4-8-13)12-14-9-5-2-6-10-14;/h2*1-10H,11-12H2,(H,17,18);/q;;+2/p-2. The fourth-order valence-electron chi connectivity index (χ4n) is 3.59. The van der Waals surface area contributed by atoms with Crippen molar-refractivity contribution in [3.63, 3.8) is 0 Å². The Morgan fingerprint density at radius 2 is 0.622 bits per heavy atom. The van der Waals surface area contributed by atoms with E-state index in [-0.39, 0.29) is 17.4 Å². The van der Waals surface area contributed by atoms with Gasteiger partial charge in [-0.15, -0.1) is 0 Å². The molecule has 0 atom stereocenters. The maximum absolute atomic E-state index is 11.1. The van der Waals surface area contributed by atoms with Crippen LogP contribution in [0.25, 0.3) is 0 Å². The minimum atomic E-state index is -1.15. The van der Waals surface area contributed by atoms with Gasteiger partial charge in [-0.2, -0.15) is 0 Å². The van der Waals surface area contributed by atoms with Crippen molar-refractivity contribution in [1.82, 2.24) is 9.80 Å². The van der Waals surface area contributed by atoms with E-state index < -0.39 is 12.2 Å². The minimum Gasteiger partial charge on any atom is -0.530 e. The fraction of sp³-hybridized carbons (Fsp3) is 0.133. The van der Waals surface area contributed by atoms with E-state index in [9.17, 15) is 19.8 Å². The normalized spacial score (nSPS) is 9.73. The maximum atomic E-state index is 11.1. The number of carbonyl (C=O) groups is 2. The molecular formula is C30H28CrN2O4. The molecule has 4 aromatic carbocycles. The molecule has 0 aliphatic heterocycles. The number of benzene rings is 4. The molecule has 188 valence electrons. The van der Waals surface area contributed by atoms with Crippen molar-refractivity contribution in [3.05, 3.63) is 144 Å². The molecule has 0 bridgehead atoms. The fourth-order valence-corrected chi connectivity index (χ4v) is 3.59. The van der Waals surface area contributed by atoms with Gasteiger partial charge in [0.25, 0.3) is 0 Å². The first-order chi connectivity index (χ1) is 17.5. The quantitative estimate of drug-likeness (QED) is 0.343. The van der Waals surface area contributed by atoms with Crippen LogP contribution in [0.1, 0.15) is 22.3 Å². The summed E-state index contributed by atoms with van der Waals surface area (Å²) in [6.07, 6.45) is -2.30. The van der Waals surface area contributed by atoms with Gasteiger partial charge < -0.3 is 29.6 Å². The predicted molar refractivity (Wildman–Crippen MR) is 135 cm³/mol. The topological polar surface area (TPSA) is 86.7 Å². The summed E-state index contributed by atoms with van der Waals surface area (Å²) in [6.45, 7) is 1.38. The Kier molecular flexibility index (Phi) is 12.5. The Bertz CT molecular complexity index is 1010. The van der Waals surface area contributed by atoms with E-state index in [2.05, 4.69) is 0 Å². The van der Waals surface area contributed by atoms with Crippen LogP contribution in [0.3, 0.4) is 0 Å². The first-order valence-electron chi connectivity index (χ1n) is 11.6. The molecular weight excluding hydrogens is 504 g/mol. The van der Waals surface area contributed by atoms with Gasteiger partial charge in [0.1, 0.15) is 12.2 Å². The summed E-state index contributed by atoms with van der Waals surface area (Å²) in [5.74, 6) is 0. The van der Waals surface area contributed by atoms with Crippen molar-refractivity contribution in [1.29, 1.82) is 0 Å². The van der Waals surface area contributed by atoms with Crippen molar-refractivity contribution in [2.75, 3.05) is 0 Å². The van der Waals surface area contributed by atoms with Crippen LogP contribution in [-0.4, -0.2) is 22.0 Å². The Balaban J connectivity index is 0.000000253. The van der Waals surface area contributed by atoms with Gasteiger partial charge in [-0.1, -0.05) is 121 Å². The summed E-state index contributed by atoms with van der Waals surface area (Å²) in [5.41, 5.74) is 3.82. The van der Waals surface area contributed by atoms with Crippen LogP contribution in [0.5, 0.6) is 0 Å². The second kappa shape index (κ2) is 15.8. The summed E-state index contributed by atoms with van der Waals surface area (Å²) in [4.78, 5) is 24.8. The van der Waals surface area contributed by atoms with Crippen LogP contribution in [-0.2, 0) is 43.5 Å². The number of nitrogens with zero attached hydrogens (tertiary/aromatic N) is 2. The van der Waals surface area contributed by atoms with Gasteiger partial charge in [-0.25, -0.2) is 0 Å². The molecule has 0 aliphatic carbocycles. The van der Waals surface area contributed by atoms with Gasteiger partial charge in [0.15, 0.2) is 0 Å². The number of carbonyl (C=O) groups excluding carboxylic acids is 2. The molecule has 0 radical (unpaired) electrons. The molecule has 0 spiro atoms. The summed E-state index contributed by atoms with van der Waals surface area (Å²) in [6, 6.07) is 38.0. The zero-order valence-corrected chi connectivity index (χ0v) is 21.6. The van der Waals surface area contributed by atoms with Gasteiger partial charge >= 0.3 is 17.4 Å². The number of hydrogen-bond donors (Lipinski definition) is 0. The molecule has 0 aliphatic rings. The molecule has 0 N–H and O–H groups in total. The summed E-state index contributed by atoms with van der Waals surface area (Å²) >= 11 is 0. The zero-order valence-electron chi connectivity index (χ0n) is 20.3. The van der Waals surface area contributed by atoms with Crippen molar-refractivity contribution < 1.29 is 37.2 Å². The third-order valence-corrected chi connectivity index (χ3v) is 5.38. The Morgan fingerprint density at radius 1 is 0.432 bits per heavy atom. The van der Waals surface area contributed by atoms with E-state index in [0.717, 1.165) is 22.3 Å². The SMILES string of the molecule is O=C([O-])N(Cc1ccccc1)Cc1ccccc1.O=C([O-])N(Cc1ccccc1)Cc1ccccc1.[Cr+2]. The molecule has 0 saturated heterocycles. The van der Waals surface area contributed by atoms with Gasteiger partial charge in [0, 0.05) is 26.2 Å². The van der Waals surface area contributed by atoms with Crippen LogP contribution in [0.15, 0.2) is 121 Å². The Hall–Kier alpha value is -4.05. The van der Waals surface area contributed by atoms with Crippen molar-refractivity contribution in [3.8, 4) is 0 Å². The molecule has 4 rings (SSSR count). The van der Waals surface area contributed by atoms with Crippen molar-refractivity contribution >= 4 is 12.2 Å². The van der Waals surface area contributed by atoms with E-state index in [4.69, 9.17) is 0 Å². The zero-order chi connectivity index (χ0) is 25.6. The van der Waals surface area contributed by atoms with Crippen LogP contribution in [0.2, 0.25) is 0 Å². The number of amides is 2. The molecule has 0 unspecified atom stereocenters. The number of hydrogen-bond acceptors (Lipinski definition) is 4. The Morgan fingerprint density at radius 3 is 0.784 bits per heavy atom. The first kappa shape index (κ1) is 29.2. The van der Waals surface area contributed by atoms with Crippen LogP contribution >= 0.6 is 0 Å². The average molecular weight is 533 g/mol. The first-order valence-corrected chi connectivity index (χ1v) is 11.6. The van der Waals surface area contributed by atoms with Gasteiger partial charge in [-0.05, 0) is 22.3 Å². The Labute approximate surface area is 228 Å². The van der Waals surface area contributed by atoms with Crippen LogP contribution in [0.4, 0.5) is 9.59 Å². The average Bonchev–Trinajstić information content (AvgIpc) is 2.91. The summed E-state index contributed by atoms with van der Waals surface area (Å²) in [7, 11) is 0. The maximum Gasteiger partial charge on any atom is 2.00 e. The molecule has 6 nitrogen and oxygen atoms in total. The third kappa shape index (κ3) is 10.6. The molecule has 0 aromatic heterocycles. The van der Waals surface area contributed by atoms with E-state index >= 15 is 0 Å². The second-order valence-corrected chi connectivity index (χ2v) is 8.19. The van der Waals surface area contributed by atoms with Crippen molar-refractivity contribution in [2.45, 2.75) is 26.2 Å². The second-order valence-electron chi connectivity index (χ2n) is 8.19. The molecule has 7 heteroatoms. The third-order valence-electron chi connectivity index (χ3n) is 5.38. The van der Waals surface area contributed by atoms with Crippen LogP contribution in [0, 0.1) is 0 Å². The van der Waals surface area contributed by atoms with Gasteiger partial charge in [0.05, 0.1) is 0 Å². The molecule has 0 heterocycles. The summed E-state index contributed by atoms with van der Waals surface area (Å²) in [5, 5.41) is 22.2. The molecule has 2 amide bonds. The minimum absolute atomic E-state index is 0. The van der Waals surface area contributed by atoms with E-state index in [1.807, 2.05) is 121 Å². The van der Waals surface area contributed by atoms with Gasteiger partial charge in [0.2, 0.25) is 0 Å². The molecule has 4 aromatic rings. The van der Waals surface area contributed by atoms with E-state index in [1.165, 1.54) is 9.80 Å². The van der Waals surface area contributed by atoms with E-state index in [1.54, 1.807) is 0 Å². The van der Waals surface area contributed by atoms with Crippen molar-refractivity contribution in [2.24, 2.45) is 0 Å². The van der Waals surface area contributed by atoms with Crippen LogP contribution < -0.4 is 10.2 Å². The smallest absolute Gasteiger partial charge is 0.530 e. The monoisotopic (exact) mass is 532 g/mol. The molecule has 0 saturated carbocycles. The number of carboxylic acid groups (broad SMARTS) is 2. The molecule has 0 fully saturated rings.